The Kier molecular flexibility index (Phi) is 4.60. The van der Waals surface area contributed by atoms with Gasteiger partial charge in [0, 0.05) is 24.1 Å². The fraction of sp³-hybridized carbons (Fsp3) is 0.188. The smallest absolute Gasteiger partial charge is 0.411 e. The van der Waals surface area contributed by atoms with Crippen molar-refractivity contribution in [1.82, 2.24) is 0 Å². The molecule has 2 rings (SSSR count). The van der Waals surface area contributed by atoms with Gasteiger partial charge in [0.2, 0.25) is 0 Å². The molecule has 0 saturated heterocycles. The van der Waals surface area contributed by atoms with Gasteiger partial charge in [0.25, 0.3) is 0 Å². The molecule has 2 aromatic carbocycles. The number of hydrogen-bond donors (Lipinski definition) is 1. The summed E-state index contributed by atoms with van der Waals surface area (Å²) in [6.45, 7) is 2.14. The Morgan fingerprint density at radius 3 is 2.25 bits per heavy atom. The number of anilines is 3. The molecule has 104 valence electrons. The number of rotatable bonds is 4. The summed E-state index contributed by atoms with van der Waals surface area (Å²) in [6, 6.07) is 17.7. The average Bonchev–Trinajstić information content (AvgIpc) is 2.48. The van der Waals surface area contributed by atoms with Crippen LogP contribution in [0.3, 0.4) is 0 Å². The zero-order valence-corrected chi connectivity index (χ0v) is 11.7. The fourth-order valence-electron chi connectivity index (χ4n) is 1.85. The number of carbonyl (C=O) groups is 1. The Bertz CT molecular complexity index is 552. The van der Waals surface area contributed by atoms with E-state index in [0.29, 0.717) is 12.3 Å². The lowest BCUT2D eigenvalue weighted by Crippen LogP contribution is -2.13. The van der Waals surface area contributed by atoms with Gasteiger partial charge >= 0.3 is 6.09 Å². The topological polar surface area (TPSA) is 41.6 Å². The number of amides is 1. The minimum Gasteiger partial charge on any atom is -0.450 e. The summed E-state index contributed by atoms with van der Waals surface area (Å²) < 4.78 is 4.83. The molecule has 0 aromatic heterocycles. The van der Waals surface area contributed by atoms with Crippen LogP contribution in [0.1, 0.15) is 6.92 Å². The summed E-state index contributed by atoms with van der Waals surface area (Å²) in [7, 11) is 2.00. The molecule has 1 N–H and O–H groups in total. The molecule has 4 heteroatoms. The van der Waals surface area contributed by atoms with E-state index in [1.54, 1.807) is 6.92 Å². The molecular weight excluding hydrogens is 252 g/mol. The van der Waals surface area contributed by atoms with E-state index in [2.05, 4.69) is 10.2 Å². The van der Waals surface area contributed by atoms with Crippen LogP contribution in [0.4, 0.5) is 21.9 Å². The normalized spacial score (nSPS) is 9.90. The maximum Gasteiger partial charge on any atom is 0.411 e. The largest absolute Gasteiger partial charge is 0.450 e. The van der Waals surface area contributed by atoms with Gasteiger partial charge in [-0.15, -0.1) is 0 Å². The van der Waals surface area contributed by atoms with E-state index in [9.17, 15) is 4.79 Å². The third kappa shape index (κ3) is 3.51. The number of nitrogens with one attached hydrogen (secondary N) is 1. The lowest BCUT2D eigenvalue weighted by molar-refractivity contribution is 0.168. The number of para-hydroxylation sites is 1. The first-order valence-corrected chi connectivity index (χ1v) is 6.53. The highest BCUT2D eigenvalue weighted by Gasteiger charge is 2.05. The Morgan fingerprint density at radius 2 is 1.65 bits per heavy atom. The van der Waals surface area contributed by atoms with Gasteiger partial charge in [-0.2, -0.15) is 0 Å². The maximum atomic E-state index is 11.3. The van der Waals surface area contributed by atoms with Crippen LogP contribution in [0.25, 0.3) is 0 Å². The van der Waals surface area contributed by atoms with Crippen LogP contribution >= 0.6 is 0 Å². The quantitative estimate of drug-likeness (QED) is 0.912. The van der Waals surface area contributed by atoms with E-state index in [1.165, 1.54) is 0 Å². The highest BCUT2D eigenvalue weighted by molar-refractivity contribution is 5.85. The lowest BCUT2D eigenvalue weighted by atomic mass is 10.2. The fourth-order valence-corrected chi connectivity index (χ4v) is 1.85. The van der Waals surface area contributed by atoms with E-state index >= 15 is 0 Å². The van der Waals surface area contributed by atoms with Crippen molar-refractivity contribution in [3.05, 3.63) is 54.6 Å². The van der Waals surface area contributed by atoms with Gasteiger partial charge in [0.1, 0.15) is 0 Å². The van der Waals surface area contributed by atoms with Crippen molar-refractivity contribution in [2.75, 3.05) is 23.9 Å². The Labute approximate surface area is 119 Å². The van der Waals surface area contributed by atoms with Crippen LogP contribution in [0.5, 0.6) is 0 Å². The number of benzene rings is 2. The van der Waals surface area contributed by atoms with Crippen molar-refractivity contribution in [3.63, 3.8) is 0 Å². The molecule has 0 aliphatic carbocycles. The second-order valence-corrected chi connectivity index (χ2v) is 4.29. The number of hydrogen-bond acceptors (Lipinski definition) is 3. The van der Waals surface area contributed by atoms with Crippen LogP contribution in [0, 0.1) is 0 Å². The molecule has 1 amide bonds. The Balaban J connectivity index is 2.06. The van der Waals surface area contributed by atoms with E-state index in [1.807, 2.05) is 61.6 Å². The van der Waals surface area contributed by atoms with Crippen molar-refractivity contribution in [2.45, 2.75) is 6.92 Å². The van der Waals surface area contributed by atoms with E-state index in [0.717, 1.165) is 11.4 Å². The zero-order valence-electron chi connectivity index (χ0n) is 11.7. The molecule has 0 radical (unpaired) electrons. The number of carbonyl (C=O) groups excluding carboxylic acids is 1. The predicted octanol–water partition coefficient (Wildman–Crippen LogP) is 4.02. The first-order chi connectivity index (χ1) is 9.70. The van der Waals surface area contributed by atoms with Crippen LogP contribution in [0.15, 0.2) is 54.6 Å². The number of nitrogens with zero attached hydrogens (tertiary/aromatic N) is 1. The Hall–Kier alpha value is -2.49. The summed E-state index contributed by atoms with van der Waals surface area (Å²) in [5.41, 5.74) is 2.87. The standard InChI is InChI=1S/C16H18N2O2/c1-3-20-16(19)17-13-9-11-15(12-10-13)18(2)14-7-5-4-6-8-14/h4-12H,3H2,1-2H3,(H,17,19). The molecule has 4 nitrogen and oxygen atoms in total. The van der Waals surface area contributed by atoms with Gasteiger partial charge in [-0.25, -0.2) is 4.79 Å². The molecule has 0 spiro atoms. The molecule has 0 unspecified atom stereocenters. The molecule has 20 heavy (non-hydrogen) atoms. The molecule has 0 bridgehead atoms. The molecule has 0 atom stereocenters. The highest BCUT2D eigenvalue weighted by atomic mass is 16.5. The summed E-state index contributed by atoms with van der Waals surface area (Å²) in [4.78, 5) is 13.4. The van der Waals surface area contributed by atoms with Crippen LogP contribution < -0.4 is 10.2 Å². The highest BCUT2D eigenvalue weighted by Crippen LogP contribution is 2.24. The molecule has 0 saturated carbocycles. The first kappa shape index (κ1) is 13.9. The molecule has 0 heterocycles. The summed E-state index contributed by atoms with van der Waals surface area (Å²) in [5.74, 6) is 0. The maximum absolute atomic E-state index is 11.3. The summed E-state index contributed by atoms with van der Waals surface area (Å²) in [6.07, 6.45) is -0.434. The van der Waals surface area contributed by atoms with Crippen molar-refractivity contribution < 1.29 is 9.53 Å². The minimum absolute atomic E-state index is 0.362. The summed E-state index contributed by atoms with van der Waals surface area (Å²) >= 11 is 0. The van der Waals surface area contributed by atoms with Gasteiger partial charge in [-0.3, -0.25) is 5.32 Å². The van der Waals surface area contributed by atoms with E-state index < -0.39 is 6.09 Å². The summed E-state index contributed by atoms with van der Waals surface area (Å²) in [5, 5.41) is 2.67. The zero-order chi connectivity index (χ0) is 14.4. The van der Waals surface area contributed by atoms with Gasteiger partial charge in [0.05, 0.1) is 6.61 Å². The van der Waals surface area contributed by atoms with Gasteiger partial charge < -0.3 is 9.64 Å². The molecule has 2 aromatic rings. The van der Waals surface area contributed by atoms with Crippen molar-refractivity contribution >= 4 is 23.2 Å². The molecule has 0 aliphatic rings. The first-order valence-electron chi connectivity index (χ1n) is 6.53. The minimum atomic E-state index is -0.434. The van der Waals surface area contributed by atoms with Crippen LogP contribution in [0.2, 0.25) is 0 Å². The van der Waals surface area contributed by atoms with Crippen LogP contribution in [-0.4, -0.2) is 19.7 Å². The SMILES string of the molecule is CCOC(=O)Nc1ccc(N(C)c2ccccc2)cc1. The average molecular weight is 270 g/mol. The van der Waals surface area contributed by atoms with Crippen molar-refractivity contribution in [1.29, 1.82) is 0 Å². The van der Waals surface area contributed by atoms with Gasteiger partial charge in [0.15, 0.2) is 0 Å². The monoisotopic (exact) mass is 270 g/mol. The number of ether oxygens (including phenoxy) is 1. The second kappa shape index (κ2) is 6.61. The van der Waals surface area contributed by atoms with E-state index in [-0.39, 0.29) is 0 Å². The second-order valence-electron chi connectivity index (χ2n) is 4.29. The van der Waals surface area contributed by atoms with Gasteiger partial charge in [-0.05, 0) is 43.3 Å². The van der Waals surface area contributed by atoms with Crippen LogP contribution in [-0.2, 0) is 4.74 Å². The third-order valence-electron chi connectivity index (χ3n) is 2.92. The lowest BCUT2D eigenvalue weighted by Gasteiger charge is -2.19. The van der Waals surface area contributed by atoms with Crippen molar-refractivity contribution in [3.8, 4) is 0 Å². The van der Waals surface area contributed by atoms with E-state index in [4.69, 9.17) is 4.74 Å². The predicted molar refractivity (Wildman–Crippen MR) is 81.6 cm³/mol. The Morgan fingerprint density at radius 1 is 1.05 bits per heavy atom. The van der Waals surface area contributed by atoms with Gasteiger partial charge in [-0.1, -0.05) is 18.2 Å². The molecule has 0 aliphatic heterocycles. The molecule has 0 fully saturated rings. The van der Waals surface area contributed by atoms with Crippen molar-refractivity contribution in [2.24, 2.45) is 0 Å². The third-order valence-corrected chi connectivity index (χ3v) is 2.92. The molecular formula is C16H18N2O2.